The molecule has 0 aliphatic heterocycles. The number of carbonyl (C=O) groups is 2. The van der Waals surface area contributed by atoms with Gasteiger partial charge in [0.2, 0.25) is 0 Å². The highest BCUT2D eigenvalue weighted by atomic mass is 16.5. The van der Waals surface area contributed by atoms with Crippen molar-refractivity contribution < 1.29 is 19.4 Å². The van der Waals surface area contributed by atoms with Gasteiger partial charge in [0.25, 0.3) is 5.91 Å². The highest BCUT2D eigenvalue weighted by Crippen LogP contribution is 2.28. The molecule has 33 heavy (non-hydrogen) atoms. The molecule has 4 N–H and O–H groups in total. The Morgan fingerprint density at radius 1 is 0.788 bits per heavy atom. The summed E-state index contributed by atoms with van der Waals surface area (Å²) in [7, 11) is 0. The molecule has 6 heteroatoms. The number of hydrogen-bond acceptors (Lipinski definition) is 4. The third-order valence-corrected chi connectivity index (χ3v) is 5.09. The maximum Gasteiger partial charge on any atom is 0.337 e. The molecule has 6 nitrogen and oxygen atoms in total. The lowest BCUT2D eigenvalue weighted by Gasteiger charge is -2.14. The summed E-state index contributed by atoms with van der Waals surface area (Å²) < 4.78 is 5.88. The average molecular weight is 438 g/mol. The van der Waals surface area contributed by atoms with Crippen molar-refractivity contribution in [2.75, 3.05) is 11.1 Å². The zero-order valence-corrected chi connectivity index (χ0v) is 17.7. The fourth-order valence-electron chi connectivity index (χ4n) is 3.42. The Balaban J connectivity index is 1.63. The van der Waals surface area contributed by atoms with Crippen LogP contribution in [0.25, 0.3) is 11.1 Å². The smallest absolute Gasteiger partial charge is 0.337 e. The minimum atomic E-state index is -1.14. The molecule has 0 unspecified atom stereocenters. The third-order valence-electron chi connectivity index (χ3n) is 5.09. The minimum Gasteiger partial charge on any atom is -0.488 e. The molecule has 0 radical (unpaired) electrons. The van der Waals surface area contributed by atoms with Gasteiger partial charge in [-0.2, -0.15) is 0 Å². The van der Waals surface area contributed by atoms with Gasteiger partial charge in [0.15, 0.2) is 0 Å². The molecule has 0 spiro atoms. The van der Waals surface area contributed by atoms with E-state index in [-0.39, 0.29) is 23.4 Å². The number of amides is 1. The maximum absolute atomic E-state index is 13.2. The number of carboxylic acid groups (broad SMARTS) is 1. The summed E-state index contributed by atoms with van der Waals surface area (Å²) in [5.74, 6) is -1.32. The summed E-state index contributed by atoms with van der Waals surface area (Å²) in [4.78, 5) is 24.9. The van der Waals surface area contributed by atoms with Gasteiger partial charge in [-0.15, -0.1) is 0 Å². The molecule has 4 aromatic rings. The van der Waals surface area contributed by atoms with Crippen molar-refractivity contribution in [3.8, 4) is 16.9 Å². The molecular formula is C27H22N2O4. The number of aromatic carboxylic acids is 1. The number of hydrogen-bond donors (Lipinski definition) is 3. The summed E-state index contributed by atoms with van der Waals surface area (Å²) >= 11 is 0. The van der Waals surface area contributed by atoms with Gasteiger partial charge < -0.3 is 20.9 Å². The number of nitrogens with one attached hydrogen (secondary N) is 1. The first-order valence-corrected chi connectivity index (χ1v) is 10.3. The van der Waals surface area contributed by atoms with Gasteiger partial charge in [-0.25, -0.2) is 4.79 Å². The van der Waals surface area contributed by atoms with Gasteiger partial charge in [0.1, 0.15) is 12.4 Å². The third kappa shape index (κ3) is 5.19. The Kier molecular flexibility index (Phi) is 6.36. The normalized spacial score (nSPS) is 10.4. The summed E-state index contributed by atoms with van der Waals surface area (Å²) in [6.45, 7) is 0.258. The van der Waals surface area contributed by atoms with E-state index in [1.54, 1.807) is 30.3 Å². The SMILES string of the molecule is Nc1ccc(C(=O)Nc2cc(-c3ccccc3)ccc2C(=O)O)c(OCc2ccccc2)c1. The molecule has 0 atom stereocenters. The molecule has 0 aromatic heterocycles. The lowest BCUT2D eigenvalue weighted by Crippen LogP contribution is -2.16. The molecule has 0 aliphatic rings. The van der Waals surface area contributed by atoms with Crippen LogP contribution in [0.15, 0.2) is 97.1 Å². The van der Waals surface area contributed by atoms with Crippen LogP contribution in [0, 0.1) is 0 Å². The first-order chi connectivity index (χ1) is 16.0. The predicted octanol–water partition coefficient (Wildman–Crippen LogP) is 5.47. The first-order valence-electron chi connectivity index (χ1n) is 10.3. The van der Waals surface area contributed by atoms with E-state index in [0.717, 1.165) is 16.7 Å². The van der Waals surface area contributed by atoms with E-state index in [1.165, 1.54) is 6.07 Å². The van der Waals surface area contributed by atoms with E-state index in [4.69, 9.17) is 10.5 Å². The van der Waals surface area contributed by atoms with Crippen molar-refractivity contribution in [1.82, 2.24) is 0 Å². The molecule has 0 fully saturated rings. The lowest BCUT2D eigenvalue weighted by atomic mass is 10.0. The van der Waals surface area contributed by atoms with Crippen LogP contribution < -0.4 is 15.8 Å². The molecule has 1 amide bonds. The minimum absolute atomic E-state index is 0.00905. The van der Waals surface area contributed by atoms with Gasteiger partial charge in [0, 0.05) is 11.8 Å². The number of carbonyl (C=O) groups excluding carboxylic acids is 1. The second kappa shape index (κ2) is 9.70. The van der Waals surface area contributed by atoms with Gasteiger partial charge in [-0.05, 0) is 41.0 Å². The van der Waals surface area contributed by atoms with E-state index in [9.17, 15) is 14.7 Å². The molecule has 0 saturated heterocycles. The highest BCUT2D eigenvalue weighted by Gasteiger charge is 2.18. The first kappa shape index (κ1) is 21.6. The molecule has 0 heterocycles. The number of benzene rings is 4. The molecule has 0 aliphatic carbocycles. The molecule has 0 saturated carbocycles. The average Bonchev–Trinajstić information content (AvgIpc) is 2.83. The van der Waals surface area contributed by atoms with Crippen molar-refractivity contribution in [3.63, 3.8) is 0 Å². The van der Waals surface area contributed by atoms with Crippen LogP contribution in [0.4, 0.5) is 11.4 Å². The largest absolute Gasteiger partial charge is 0.488 e. The number of nitrogen functional groups attached to an aromatic ring is 1. The second-order valence-electron chi connectivity index (χ2n) is 7.42. The lowest BCUT2D eigenvalue weighted by molar-refractivity contribution is 0.0698. The molecular weight excluding hydrogens is 416 g/mol. The van der Waals surface area contributed by atoms with Gasteiger partial charge in [0.05, 0.1) is 16.8 Å². The summed E-state index contributed by atoms with van der Waals surface area (Å²) in [5, 5.41) is 12.4. The van der Waals surface area contributed by atoms with Gasteiger partial charge >= 0.3 is 5.97 Å². The van der Waals surface area contributed by atoms with Crippen molar-refractivity contribution in [2.24, 2.45) is 0 Å². The Hall–Kier alpha value is -4.58. The topological polar surface area (TPSA) is 102 Å². The van der Waals surface area contributed by atoms with Crippen molar-refractivity contribution in [1.29, 1.82) is 0 Å². The van der Waals surface area contributed by atoms with E-state index in [0.29, 0.717) is 11.4 Å². The summed E-state index contributed by atoms with van der Waals surface area (Å²) in [6, 6.07) is 28.6. The monoisotopic (exact) mass is 438 g/mol. The second-order valence-corrected chi connectivity index (χ2v) is 7.42. The zero-order chi connectivity index (χ0) is 23.2. The summed E-state index contributed by atoms with van der Waals surface area (Å²) in [6.07, 6.45) is 0. The van der Waals surface area contributed by atoms with Crippen LogP contribution in [0.5, 0.6) is 5.75 Å². The molecule has 164 valence electrons. The quantitative estimate of drug-likeness (QED) is 0.332. The molecule has 0 bridgehead atoms. The number of anilines is 2. The van der Waals surface area contributed by atoms with Crippen LogP contribution in [0.3, 0.4) is 0 Å². The number of ether oxygens (including phenoxy) is 1. The Labute approximate surface area is 191 Å². The van der Waals surface area contributed by atoms with E-state index < -0.39 is 11.9 Å². The Morgan fingerprint density at radius 2 is 1.45 bits per heavy atom. The van der Waals surface area contributed by atoms with Crippen LogP contribution in [0.1, 0.15) is 26.3 Å². The molecule has 4 aromatic carbocycles. The van der Waals surface area contributed by atoms with Crippen molar-refractivity contribution in [2.45, 2.75) is 6.61 Å². The van der Waals surface area contributed by atoms with E-state index in [2.05, 4.69) is 5.32 Å². The fourth-order valence-corrected chi connectivity index (χ4v) is 3.42. The maximum atomic E-state index is 13.2. The van der Waals surface area contributed by atoms with Crippen LogP contribution in [0.2, 0.25) is 0 Å². The fraction of sp³-hybridized carbons (Fsp3) is 0.0370. The Bertz CT molecular complexity index is 1290. The number of carboxylic acids is 1. The number of nitrogens with two attached hydrogens (primary N) is 1. The molecule has 4 rings (SSSR count). The Morgan fingerprint density at radius 3 is 2.15 bits per heavy atom. The van der Waals surface area contributed by atoms with Crippen molar-refractivity contribution >= 4 is 23.3 Å². The standard InChI is InChI=1S/C27H22N2O4/c28-21-12-14-23(25(16-21)33-17-18-7-3-1-4-8-18)26(30)29-24-15-20(11-13-22(24)27(31)32)19-9-5-2-6-10-19/h1-16H,17,28H2,(H,29,30)(H,31,32). The van der Waals surface area contributed by atoms with Gasteiger partial charge in [-0.1, -0.05) is 66.7 Å². The van der Waals surface area contributed by atoms with E-state index >= 15 is 0 Å². The summed E-state index contributed by atoms with van der Waals surface area (Å²) in [5.41, 5.74) is 9.43. The highest BCUT2D eigenvalue weighted by molar-refractivity contribution is 6.09. The van der Waals surface area contributed by atoms with Gasteiger partial charge in [-0.3, -0.25) is 4.79 Å². The zero-order valence-electron chi connectivity index (χ0n) is 17.7. The van der Waals surface area contributed by atoms with Crippen LogP contribution in [-0.2, 0) is 6.61 Å². The predicted molar refractivity (Wildman–Crippen MR) is 128 cm³/mol. The number of rotatable bonds is 7. The van der Waals surface area contributed by atoms with Crippen molar-refractivity contribution in [3.05, 3.63) is 114 Å². The van der Waals surface area contributed by atoms with E-state index in [1.807, 2.05) is 60.7 Å². The van der Waals surface area contributed by atoms with Crippen LogP contribution >= 0.6 is 0 Å². The van der Waals surface area contributed by atoms with Crippen LogP contribution in [-0.4, -0.2) is 17.0 Å².